The molecule has 0 fully saturated rings. The van der Waals surface area contributed by atoms with E-state index in [1.54, 1.807) is 0 Å². The van der Waals surface area contributed by atoms with E-state index in [1.165, 1.54) is 76.5 Å². The van der Waals surface area contributed by atoms with Crippen molar-refractivity contribution in [3.63, 3.8) is 0 Å². The van der Waals surface area contributed by atoms with Crippen LogP contribution in [0.15, 0.2) is 174 Å². The predicted molar refractivity (Wildman–Crippen MR) is 200 cm³/mol. The van der Waals surface area contributed by atoms with Gasteiger partial charge in [0.25, 0.3) is 0 Å². The van der Waals surface area contributed by atoms with Crippen LogP contribution in [0.4, 0.5) is 0 Å². The second-order valence-electron chi connectivity index (χ2n) is 12.4. The second-order valence-corrected chi connectivity index (χ2v) is 12.4. The highest BCUT2D eigenvalue weighted by Crippen LogP contribution is 2.49. The maximum Gasteiger partial charge on any atom is 0.136 e. The lowest BCUT2D eigenvalue weighted by atomic mass is 9.82. The normalized spacial score (nSPS) is 11.8. The van der Waals surface area contributed by atoms with Gasteiger partial charge in [0.15, 0.2) is 0 Å². The molecule has 218 valence electrons. The fraction of sp³-hybridized carbons (Fsp3) is 0. The molecule has 0 N–H and O–H groups in total. The van der Waals surface area contributed by atoms with Crippen molar-refractivity contribution < 1.29 is 4.42 Å². The second kappa shape index (κ2) is 10.2. The van der Waals surface area contributed by atoms with Crippen molar-refractivity contribution in [3.8, 4) is 33.4 Å². The lowest BCUT2D eigenvalue weighted by Crippen LogP contribution is -1.93. The van der Waals surface area contributed by atoms with E-state index in [4.69, 9.17) is 4.42 Å². The first-order valence-corrected chi connectivity index (χ1v) is 16.2. The lowest BCUT2D eigenvalue weighted by Gasteiger charge is -2.20. The Balaban J connectivity index is 1.33. The highest BCUT2D eigenvalue weighted by atomic mass is 16.3. The Labute approximate surface area is 271 Å². The van der Waals surface area contributed by atoms with Crippen molar-refractivity contribution in [1.29, 1.82) is 0 Å². The van der Waals surface area contributed by atoms with Gasteiger partial charge in [0.05, 0.1) is 0 Å². The third-order valence-corrected chi connectivity index (χ3v) is 9.84. The summed E-state index contributed by atoms with van der Waals surface area (Å²) in [5.74, 6) is 0. The van der Waals surface area contributed by atoms with Gasteiger partial charge in [-0.2, -0.15) is 0 Å². The van der Waals surface area contributed by atoms with Gasteiger partial charge in [-0.3, -0.25) is 0 Å². The SMILES string of the molecule is c1ccc(-c2c3ccccc3c(-c3cccc4oc5cc6ccccc6cc5c34)c3ccccc23)c(-c2cccc3ccccc23)c1. The van der Waals surface area contributed by atoms with Gasteiger partial charge in [0.2, 0.25) is 0 Å². The number of hydrogen-bond acceptors (Lipinski definition) is 1. The molecular weight excluding hydrogens is 569 g/mol. The molecule has 0 saturated carbocycles. The minimum absolute atomic E-state index is 0.909. The summed E-state index contributed by atoms with van der Waals surface area (Å²) < 4.78 is 6.54. The van der Waals surface area contributed by atoms with Crippen LogP contribution in [0.1, 0.15) is 0 Å². The molecule has 1 heteroatoms. The summed E-state index contributed by atoms with van der Waals surface area (Å²) in [6.45, 7) is 0. The van der Waals surface area contributed by atoms with Crippen molar-refractivity contribution >= 4 is 65.0 Å². The molecular formula is C46H28O. The highest BCUT2D eigenvalue weighted by molar-refractivity contribution is 6.27. The Kier molecular flexibility index (Phi) is 5.64. The van der Waals surface area contributed by atoms with E-state index in [2.05, 4.69) is 170 Å². The van der Waals surface area contributed by atoms with Crippen LogP contribution >= 0.6 is 0 Å². The van der Waals surface area contributed by atoms with Gasteiger partial charge in [-0.1, -0.05) is 152 Å². The maximum absolute atomic E-state index is 6.54. The quantitative estimate of drug-likeness (QED) is 0.185. The monoisotopic (exact) mass is 596 g/mol. The van der Waals surface area contributed by atoms with Crippen molar-refractivity contribution in [2.75, 3.05) is 0 Å². The summed E-state index contributed by atoms with van der Waals surface area (Å²) >= 11 is 0. The molecule has 0 atom stereocenters. The molecule has 0 bridgehead atoms. The maximum atomic E-state index is 6.54. The molecule has 1 heterocycles. The minimum Gasteiger partial charge on any atom is -0.456 e. The third-order valence-electron chi connectivity index (χ3n) is 9.84. The molecule has 9 aromatic carbocycles. The molecule has 0 aliphatic rings. The number of hydrogen-bond donors (Lipinski definition) is 0. The van der Waals surface area contributed by atoms with Crippen LogP contribution < -0.4 is 0 Å². The molecule has 1 aromatic heterocycles. The van der Waals surface area contributed by atoms with E-state index in [0.717, 1.165) is 21.9 Å². The first-order valence-electron chi connectivity index (χ1n) is 16.2. The predicted octanol–water partition coefficient (Wildman–Crippen LogP) is 13.2. The summed E-state index contributed by atoms with van der Waals surface area (Å²) in [5.41, 5.74) is 9.24. The minimum atomic E-state index is 0.909. The largest absolute Gasteiger partial charge is 0.456 e. The Morgan fingerprint density at radius 2 is 0.745 bits per heavy atom. The smallest absolute Gasteiger partial charge is 0.136 e. The van der Waals surface area contributed by atoms with Gasteiger partial charge in [-0.25, -0.2) is 0 Å². The van der Waals surface area contributed by atoms with Crippen molar-refractivity contribution in [2.24, 2.45) is 0 Å². The first kappa shape index (κ1) is 26.1. The van der Waals surface area contributed by atoms with Crippen LogP contribution in [0, 0.1) is 0 Å². The fourth-order valence-corrected chi connectivity index (χ4v) is 7.83. The van der Waals surface area contributed by atoms with Crippen LogP contribution in [0.3, 0.4) is 0 Å². The molecule has 0 spiro atoms. The van der Waals surface area contributed by atoms with E-state index in [1.807, 2.05) is 0 Å². The Morgan fingerprint density at radius 1 is 0.277 bits per heavy atom. The van der Waals surface area contributed by atoms with Crippen LogP contribution in [-0.4, -0.2) is 0 Å². The number of rotatable bonds is 3. The van der Waals surface area contributed by atoms with Gasteiger partial charge < -0.3 is 4.42 Å². The van der Waals surface area contributed by atoms with Gasteiger partial charge in [0, 0.05) is 10.8 Å². The first-order chi connectivity index (χ1) is 23.3. The van der Waals surface area contributed by atoms with E-state index < -0.39 is 0 Å². The molecule has 0 aliphatic carbocycles. The molecule has 0 saturated heterocycles. The van der Waals surface area contributed by atoms with Crippen LogP contribution in [0.5, 0.6) is 0 Å². The average Bonchev–Trinajstić information content (AvgIpc) is 3.50. The molecule has 0 aliphatic heterocycles. The van der Waals surface area contributed by atoms with Gasteiger partial charge in [-0.15, -0.1) is 0 Å². The summed E-state index contributed by atoms with van der Waals surface area (Å²) in [7, 11) is 0. The molecule has 1 nitrogen and oxygen atoms in total. The topological polar surface area (TPSA) is 13.1 Å². The van der Waals surface area contributed by atoms with E-state index in [0.29, 0.717) is 0 Å². The van der Waals surface area contributed by atoms with Crippen molar-refractivity contribution in [2.45, 2.75) is 0 Å². The summed E-state index contributed by atoms with van der Waals surface area (Å²) in [4.78, 5) is 0. The van der Waals surface area contributed by atoms with Crippen molar-refractivity contribution in [1.82, 2.24) is 0 Å². The van der Waals surface area contributed by atoms with E-state index in [9.17, 15) is 0 Å². The zero-order valence-electron chi connectivity index (χ0n) is 25.6. The number of benzene rings is 9. The Bertz CT molecular complexity index is 2790. The zero-order valence-corrected chi connectivity index (χ0v) is 25.6. The molecule has 0 radical (unpaired) electrons. The van der Waals surface area contributed by atoms with Crippen molar-refractivity contribution in [3.05, 3.63) is 170 Å². The molecule has 10 rings (SSSR count). The highest BCUT2D eigenvalue weighted by Gasteiger charge is 2.22. The lowest BCUT2D eigenvalue weighted by molar-refractivity contribution is 0.669. The van der Waals surface area contributed by atoms with Crippen LogP contribution in [0.2, 0.25) is 0 Å². The fourth-order valence-electron chi connectivity index (χ4n) is 7.83. The summed E-state index contributed by atoms with van der Waals surface area (Å²) in [5, 5.41) is 12.2. The summed E-state index contributed by atoms with van der Waals surface area (Å²) in [6, 6.07) is 61.6. The van der Waals surface area contributed by atoms with Crippen LogP contribution in [-0.2, 0) is 0 Å². The van der Waals surface area contributed by atoms with Gasteiger partial charge >= 0.3 is 0 Å². The molecule has 47 heavy (non-hydrogen) atoms. The summed E-state index contributed by atoms with van der Waals surface area (Å²) in [6.07, 6.45) is 0. The van der Waals surface area contributed by atoms with Gasteiger partial charge in [-0.05, 0) is 94.7 Å². The van der Waals surface area contributed by atoms with Crippen LogP contribution in [0.25, 0.3) is 98.4 Å². The number of furan rings is 1. The van der Waals surface area contributed by atoms with Gasteiger partial charge in [0.1, 0.15) is 11.2 Å². The zero-order chi connectivity index (χ0) is 30.9. The Morgan fingerprint density at radius 3 is 1.45 bits per heavy atom. The molecule has 0 amide bonds. The molecule has 10 aromatic rings. The average molecular weight is 597 g/mol. The Hall–Kier alpha value is -6.18. The molecule has 0 unspecified atom stereocenters. The standard InChI is InChI=1S/C46H28O/c1-2-15-31-28-43-41(27-30(31)14-1)46-40(25-12-26-42(46)47-43)45-38-22-9-7-20-36(38)44(37-21-8-10-23-39(37)45)35-19-6-5-18-34(35)33-24-11-16-29-13-3-4-17-32(29)33/h1-28H. The van der Waals surface area contributed by atoms with E-state index >= 15 is 0 Å². The third kappa shape index (κ3) is 3.90. The number of fused-ring (bicyclic) bond motifs is 7. The van der Waals surface area contributed by atoms with E-state index in [-0.39, 0.29) is 0 Å².